The second-order valence-electron chi connectivity index (χ2n) is 7.04. The molecule has 1 heterocycles. The molecule has 1 amide bonds. The fraction of sp³-hybridized carbons (Fsp3) is 0.381. The number of likely N-dealkylation sites (tertiary alicyclic amines) is 1. The van der Waals surface area contributed by atoms with E-state index in [0.29, 0.717) is 36.4 Å². The molecule has 1 aliphatic heterocycles. The third kappa shape index (κ3) is 4.50. The number of benzene rings is 2. The Hall–Kier alpha value is -2.34. The summed E-state index contributed by atoms with van der Waals surface area (Å²) in [5, 5.41) is -0.439. The molecule has 144 valence electrons. The van der Waals surface area contributed by atoms with E-state index < -0.39 is 15.1 Å². The molecule has 0 unspecified atom stereocenters. The lowest BCUT2D eigenvalue weighted by Gasteiger charge is -2.31. The van der Waals surface area contributed by atoms with E-state index in [1.807, 2.05) is 13.8 Å². The molecule has 1 saturated heterocycles. The van der Waals surface area contributed by atoms with Gasteiger partial charge >= 0.3 is 0 Å². The number of hydrogen-bond acceptors (Lipinski definition) is 4. The molecule has 0 spiro atoms. The van der Waals surface area contributed by atoms with Crippen molar-refractivity contribution in [2.24, 2.45) is 0 Å². The molecule has 0 bridgehead atoms. The van der Waals surface area contributed by atoms with Gasteiger partial charge in [0.1, 0.15) is 5.75 Å². The van der Waals surface area contributed by atoms with Gasteiger partial charge in [0.05, 0.1) is 16.2 Å². The van der Waals surface area contributed by atoms with E-state index >= 15 is 0 Å². The predicted molar refractivity (Wildman–Crippen MR) is 105 cm³/mol. The minimum atomic E-state index is -3.35. The summed E-state index contributed by atoms with van der Waals surface area (Å²) in [6, 6.07) is 15.6. The highest BCUT2D eigenvalue weighted by atomic mass is 32.2. The second kappa shape index (κ2) is 8.13. The Kier molecular flexibility index (Phi) is 5.85. The summed E-state index contributed by atoms with van der Waals surface area (Å²) in [4.78, 5) is 14.8. The molecule has 2 aromatic rings. The number of amides is 1. The standard InChI is InChI=1S/C21H25NO4S/c1-16(2)26-18-10-8-17(9-11-18)21(23)22-14-12-20(13-15-22)27(24,25)19-6-4-3-5-7-19/h3-11,16,20H,12-15H2,1-2H3. The normalized spacial score (nSPS) is 15.7. The Morgan fingerprint density at radius 2 is 1.59 bits per heavy atom. The van der Waals surface area contributed by atoms with E-state index in [4.69, 9.17) is 4.74 Å². The Morgan fingerprint density at radius 3 is 2.15 bits per heavy atom. The molecular formula is C21H25NO4S. The molecule has 0 N–H and O–H groups in total. The average Bonchev–Trinajstić information content (AvgIpc) is 2.68. The van der Waals surface area contributed by atoms with Gasteiger partial charge in [-0.2, -0.15) is 0 Å². The summed E-state index contributed by atoms with van der Waals surface area (Å²) in [5.41, 5.74) is 0.593. The number of carbonyl (C=O) groups excluding carboxylic acids is 1. The molecule has 0 aromatic heterocycles. The van der Waals surface area contributed by atoms with Crippen LogP contribution in [-0.4, -0.2) is 43.7 Å². The Labute approximate surface area is 160 Å². The molecule has 6 heteroatoms. The Morgan fingerprint density at radius 1 is 1.00 bits per heavy atom. The Bertz CT molecular complexity index is 868. The zero-order valence-electron chi connectivity index (χ0n) is 15.7. The highest BCUT2D eigenvalue weighted by molar-refractivity contribution is 7.92. The SMILES string of the molecule is CC(C)Oc1ccc(C(=O)N2CCC(S(=O)(=O)c3ccccc3)CC2)cc1. The van der Waals surface area contributed by atoms with Gasteiger partial charge in [0.15, 0.2) is 9.84 Å². The van der Waals surface area contributed by atoms with E-state index in [0.717, 1.165) is 5.75 Å². The molecule has 2 aromatic carbocycles. The first kappa shape index (κ1) is 19.4. The van der Waals surface area contributed by atoms with Crippen LogP contribution in [0.3, 0.4) is 0 Å². The van der Waals surface area contributed by atoms with Crippen LogP contribution in [-0.2, 0) is 9.84 Å². The maximum Gasteiger partial charge on any atom is 0.253 e. The predicted octanol–water partition coefficient (Wildman–Crippen LogP) is 3.55. The molecule has 0 saturated carbocycles. The average molecular weight is 388 g/mol. The van der Waals surface area contributed by atoms with Crippen molar-refractivity contribution in [3.05, 3.63) is 60.2 Å². The Balaban J connectivity index is 1.62. The minimum Gasteiger partial charge on any atom is -0.491 e. The molecule has 1 aliphatic rings. The summed E-state index contributed by atoms with van der Waals surface area (Å²) in [6.45, 7) is 4.79. The maximum atomic E-state index is 12.7. The molecule has 3 rings (SSSR count). The third-order valence-corrected chi connectivity index (χ3v) is 6.99. The van der Waals surface area contributed by atoms with E-state index in [9.17, 15) is 13.2 Å². The zero-order valence-corrected chi connectivity index (χ0v) is 16.5. The summed E-state index contributed by atoms with van der Waals surface area (Å²) < 4.78 is 31.1. The summed E-state index contributed by atoms with van der Waals surface area (Å²) in [7, 11) is -3.35. The van der Waals surface area contributed by atoms with E-state index in [1.54, 1.807) is 59.5 Å². The largest absolute Gasteiger partial charge is 0.491 e. The lowest BCUT2D eigenvalue weighted by Crippen LogP contribution is -2.42. The van der Waals surface area contributed by atoms with Gasteiger partial charge in [-0.15, -0.1) is 0 Å². The van der Waals surface area contributed by atoms with Crippen molar-refractivity contribution >= 4 is 15.7 Å². The molecule has 0 aliphatic carbocycles. The first-order valence-electron chi connectivity index (χ1n) is 9.23. The van der Waals surface area contributed by atoms with Gasteiger partial charge in [0.25, 0.3) is 5.91 Å². The van der Waals surface area contributed by atoms with Crippen LogP contribution >= 0.6 is 0 Å². The molecule has 1 fully saturated rings. The van der Waals surface area contributed by atoms with Crippen LogP contribution in [0.4, 0.5) is 0 Å². The summed E-state index contributed by atoms with van der Waals surface area (Å²) in [5.74, 6) is 0.663. The topological polar surface area (TPSA) is 63.7 Å². The smallest absolute Gasteiger partial charge is 0.253 e. The van der Waals surface area contributed by atoms with Gasteiger partial charge in [-0.25, -0.2) is 8.42 Å². The van der Waals surface area contributed by atoms with Crippen LogP contribution in [0.25, 0.3) is 0 Å². The number of hydrogen-bond donors (Lipinski definition) is 0. The quantitative estimate of drug-likeness (QED) is 0.787. The van der Waals surface area contributed by atoms with Gasteiger partial charge in [0, 0.05) is 18.7 Å². The molecule has 5 nitrogen and oxygen atoms in total. The maximum absolute atomic E-state index is 12.7. The summed E-state index contributed by atoms with van der Waals surface area (Å²) in [6.07, 6.45) is 0.992. The van der Waals surface area contributed by atoms with Crippen molar-refractivity contribution in [3.63, 3.8) is 0 Å². The monoisotopic (exact) mass is 387 g/mol. The number of piperidine rings is 1. The lowest BCUT2D eigenvalue weighted by atomic mass is 10.1. The molecular weight excluding hydrogens is 362 g/mol. The second-order valence-corrected chi connectivity index (χ2v) is 9.27. The minimum absolute atomic E-state index is 0.0679. The van der Waals surface area contributed by atoms with E-state index in [-0.39, 0.29) is 12.0 Å². The van der Waals surface area contributed by atoms with Crippen molar-refractivity contribution in [2.45, 2.75) is 42.9 Å². The first-order chi connectivity index (χ1) is 12.9. The van der Waals surface area contributed by atoms with Gasteiger partial charge in [0.2, 0.25) is 0 Å². The van der Waals surface area contributed by atoms with E-state index in [2.05, 4.69) is 0 Å². The van der Waals surface area contributed by atoms with Crippen molar-refractivity contribution in [2.75, 3.05) is 13.1 Å². The number of nitrogens with zero attached hydrogens (tertiary/aromatic N) is 1. The van der Waals surface area contributed by atoms with Crippen LogP contribution in [0.2, 0.25) is 0 Å². The number of ether oxygens (including phenoxy) is 1. The number of carbonyl (C=O) groups is 1. The van der Waals surface area contributed by atoms with Crippen LogP contribution in [0.5, 0.6) is 5.75 Å². The van der Waals surface area contributed by atoms with E-state index in [1.165, 1.54) is 0 Å². The van der Waals surface area contributed by atoms with Crippen molar-refractivity contribution < 1.29 is 17.9 Å². The van der Waals surface area contributed by atoms with Crippen molar-refractivity contribution in [1.29, 1.82) is 0 Å². The molecule has 0 radical (unpaired) electrons. The third-order valence-electron chi connectivity index (χ3n) is 4.71. The van der Waals surface area contributed by atoms with Crippen molar-refractivity contribution in [3.8, 4) is 5.75 Å². The summed E-state index contributed by atoms with van der Waals surface area (Å²) >= 11 is 0. The molecule has 0 atom stereocenters. The van der Waals surface area contributed by atoms with Crippen LogP contribution in [0.1, 0.15) is 37.0 Å². The van der Waals surface area contributed by atoms with Crippen molar-refractivity contribution in [1.82, 2.24) is 4.90 Å². The van der Waals surface area contributed by atoms with Gasteiger partial charge in [-0.1, -0.05) is 18.2 Å². The number of rotatable bonds is 5. The fourth-order valence-corrected chi connectivity index (χ4v) is 5.06. The fourth-order valence-electron chi connectivity index (χ4n) is 3.30. The lowest BCUT2D eigenvalue weighted by molar-refractivity contribution is 0.0725. The van der Waals surface area contributed by atoms with Gasteiger partial charge in [-0.05, 0) is 63.1 Å². The zero-order chi connectivity index (χ0) is 19.4. The highest BCUT2D eigenvalue weighted by Gasteiger charge is 2.32. The number of sulfone groups is 1. The highest BCUT2D eigenvalue weighted by Crippen LogP contribution is 2.25. The van der Waals surface area contributed by atoms with Gasteiger partial charge in [-0.3, -0.25) is 4.79 Å². The molecule has 27 heavy (non-hydrogen) atoms. The van der Waals surface area contributed by atoms with Crippen LogP contribution in [0.15, 0.2) is 59.5 Å². The van der Waals surface area contributed by atoms with Crippen LogP contribution < -0.4 is 4.74 Å². The van der Waals surface area contributed by atoms with Crippen LogP contribution in [0, 0.1) is 0 Å². The van der Waals surface area contributed by atoms with Gasteiger partial charge < -0.3 is 9.64 Å². The first-order valence-corrected chi connectivity index (χ1v) is 10.8.